The quantitative estimate of drug-likeness (QED) is 0.740. The van der Waals surface area contributed by atoms with E-state index in [0.29, 0.717) is 10.8 Å². The van der Waals surface area contributed by atoms with E-state index in [1.807, 2.05) is 32.9 Å². The maximum Gasteiger partial charge on any atom is 0.243 e. The van der Waals surface area contributed by atoms with Crippen molar-refractivity contribution in [1.29, 1.82) is 0 Å². The number of amides is 1. The van der Waals surface area contributed by atoms with E-state index in [1.165, 1.54) is 12.1 Å². The third kappa shape index (κ3) is 5.03. The fourth-order valence-corrected chi connectivity index (χ4v) is 2.62. The van der Waals surface area contributed by atoms with Crippen LogP contribution in [0.1, 0.15) is 16.7 Å². The molecule has 0 aromatic heterocycles. The first-order valence-electron chi connectivity index (χ1n) is 7.53. The second kappa shape index (κ2) is 7.88. The van der Waals surface area contributed by atoms with Gasteiger partial charge in [-0.2, -0.15) is 0 Å². The van der Waals surface area contributed by atoms with Crippen LogP contribution < -0.4 is 16.0 Å². The van der Waals surface area contributed by atoms with Crippen molar-refractivity contribution in [1.82, 2.24) is 5.32 Å². The highest BCUT2D eigenvalue weighted by molar-refractivity contribution is 7.80. The number of hydrogen-bond donors (Lipinski definition) is 3. The lowest BCUT2D eigenvalue weighted by molar-refractivity contribution is -0.115. The Morgan fingerprint density at radius 3 is 2.21 bits per heavy atom. The van der Waals surface area contributed by atoms with Gasteiger partial charge in [-0.25, -0.2) is 4.39 Å². The zero-order valence-electron chi connectivity index (χ0n) is 13.9. The minimum absolute atomic E-state index is 0.0415. The highest BCUT2D eigenvalue weighted by atomic mass is 32.1. The molecule has 0 spiro atoms. The van der Waals surface area contributed by atoms with Gasteiger partial charge >= 0.3 is 0 Å². The van der Waals surface area contributed by atoms with Crippen molar-refractivity contribution in [3.63, 3.8) is 0 Å². The summed E-state index contributed by atoms with van der Waals surface area (Å²) in [6, 6.07) is 9.86. The van der Waals surface area contributed by atoms with Gasteiger partial charge in [0.1, 0.15) is 5.82 Å². The summed E-state index contributed by atoms with van der Waals surface area (Å²) in [5, 5.41) is 8.92. The monoisotopic (exact) mass is 345 g/mol. The average molecular weight is 345 g/mol. The predicted octanol–water partition coefficient (Wildman–Crippen LogP) is 3.68. The molecule has 0 unspecified atom stereocenters. The van der Waals surface area contributed by atoms with Crippen molar-refractivity contribution in [3.8, 4) is 0 Å². The molecular weight excluding hydrogens is 325 g/mol. The van der Waals surface area contributed by atoms with E-state index in [0.717, 1.165) is 22.4 Å². The van der Waals surface area contributed by atoms with Crippen LogP contribution in [0.15, 0.2) is 36.4 Å². The SMILES string of the molecule is Cc1cc(C)c(NC(=O)CNC(=S)Nc2ccc(F)cc2)c(C)c1. The lowest BCUT2D eigenvalue weighted by Gasteiger charge is -2.14. The lowest BCUT2D eigenvalue weighted by atomic mass is 10.1. The van der Waals surface area contributed by atoms with Gasteiger partial charge in [0.25, 0.3) is 0 Å². The van der Waals surface area contributed by atoms with Gasteiger partial charge in [-0.3, -0.25) is 4.79 Å². The van der Waals surface area contributed by atoms with Crippen LogP contribution in [0.5, 0.6) is 0 Å². The Hall–Kier alpha value is -2.47. The molecule has 0 aliphatic rings. The van der Waals surface area contributed by atoms with Gasteiger partial charge in [-0.05, 0) is 68.4 Å². The van der Waals surface area contributed by atoms with Gasteiger partial charge in [-0.15, -0.1) is 0 Å². The second-order valence-corrected chi connectivity index (χ2v) is 6.04. The van der Waals surface area contributed by atoms with Crippen LogP contribution in [0.4, 0.5) is 15.8 Å². The van der Waals surface area contributed by atoms with E-state index in [-0.39, 0.29) is 18.3 Å². The Kier molecular flexibility index (Phi) is 5.87. The van der Waals surface area contributed by atoms with Crippen LogP contribution in [0.2, 0.25) is 0 Å². The van der Waals surface area contributed by atoms with Crippen molar-refractivity contribution in [3.05, 3.63) is 58.9 Å². The number of anilines is 2. The molecule has 2 aromatic rings. The Morgan fingerprint density at radius 1 is 1.04 bits per heavy atom. The largest absolute Gasteiger partial charge is 0.353 e. The molecule has 3 N–H and O–H groups in total. The van der Waals surface area contributed by atoms with Crippen LogP contribution in [-0.4, -0.2) is 17.6 Å². The summed E-state index contributed by atoms with van der Waals surface area (Å²) < 4.78 is 12.8. The molecule has 0 saturated carbocycles. The Morgan fingerprint density at radius 2 is 1.62 bits per heavy atom. The van der Waals surface area contributed by atoms with E-state index in [1.54, 1.807) is 12.1 Å². The van der Waals surface area contributed by atoms with Crippen molar-refractivity contribution < 1.29 is 9.18 Å². The topological polar surface area (TPSA) is 53.2 Å². The fourth-order valence-electron chi connectivity index (χ4n) is 2.43. The molecule has 1 amide bonds. The summed E-state index contributed by atoms with van der Waals surface area (Å²) in [5.74, 6) is -0.504. The normalized spacial score (nSPS) is 10.2. The highest BCUT2D eigenvalue weighted by Gasteiger charge is 2.09. The molecule has 0 fully saturated rings. The number of aryl methyl sites for hydroxylation is 3. The van der Waals surface area contributed by atoms with E-state index in [4.69, 9.17) is 12.2 Å². The van der Waals surface area contributed by atoms with E-state index in [9.17, 15) is 9.18 Å². The smallest absolute Gasteiger partial charge is 0.243 e. The third-order valence-electron chi connectivity index (χ3n) is 3.45. The van der Waals surface area contributed by atoms with Gasteiger partial charge in [0.05, 0.1) is 6.54 Å². The third-order valence-corrected chi connectivity index (χ3v) is 3.70. The van der Waals surface area contributed by atoms with Gasteiger partial charge in [0.15, 0.2) is 5.11 Å². The predicted molar refractivity (Wildman–Crippen MR) is 99.9 cm³/mol. The van der Waals surface area contributed by atoms with Crippen LogP contribution in [0.25, 0.3) is 0 Å². The van der Waals surface area contributed by atoms with Crippen molar-refractivity contribution in [2.75, 3.05) is 17.2 Å². The first-order chi connectivity index (χ1) is 11.3. The summed E-state index contributed by atoms with van der Waals surface area (Å²) in [4.78, 5) is 12.1. The van der Waals surface area contributed by atoms with E-state index in [2.05, 4.69) is 16.0 Å². The zero-order valence-corrected chi connectivity index (χ0v) is 14.7. The maximum absolute atomic E-state index is 12.8. The van der Waals surface area contributed by atoms with Crippen molar-refractivity contribution in [2.24, 2.45) is 0 Å². The van der Waals surface area contributed by atoms with Gasteiger partial charge in [0.2, 0.25) is 5.91 Å². The summed E-state index contributed by atoms with van der Waals surface area (Å²) in [7, 11) is 0. The summed E-state index contributed by atoms with van der Waals surface area (Å²) in [5.41, 5.74) is 4.68. The summed E-state index contributed by atoms with van der Waals surface area (Å²) in [6.07, 6.45) is 0. The molecule has 0 bridgehead atoms. The molecular formula is C18H20FN3OS. The number of rotatable bonds is 4. The first kappa shape index (κ1) is 17.9. The molecule has 4 nitrogen and oxygen atoms in total. The van der Waals surface area contributed by atoms with Crippen LogP contribution in [0.3, 0.4) is 0 Å². The van der Waals surface area contributed by atoms with Crippen LogP contribution >= 0.6 is 12.2 Å². The average Bonchev–Trinajstić information content (AvgIpc) is 2.51. The van der Waals surface area contributed by atoms with Crippen molar-refractivity contribution >= 4 is 34.6 Å². The zero-order chi connectivity index (χ0) is 17.7. The standard InChI is InChI=1S/C18H20FN3OS/c1-11-8-12(2)17(13(3)9-11)22-16(23)10-20-18(24)21-15-6-4-14(19)5-7-15/h4-9H,10H2,1-3H3,(H,22,23)(H2,20,21,24). The van der Waals surface area contributed by atoms with E-state index >= 15 is 0 Å². The molecule has 0 heterocycles. The Labute approximate surface area is 146 Å². The highest BCUT2D eigenvalue weighted by Crippen LogP contribution is 2.21. The number of thiocarbonyl (C=S) groups is 1. The minimum atomic E-state index is -0.317. The van der Waals surface area contributed by atoms with Crippen LogP contribution in [-0.2, 0) is 4.79 Å². The number of hydrogen-bond acceptors (Lipinski definition) is 2. The lowest BCUT2D eigenvalue weighted by Crippen LogP contribution is -2.35. The molecule has 6 heteroatoms. The number of halogens is 1. The maximum atomic E-state index is 12.8. The number of nitrogens with one attached hydrogen (secondary N) is 3. The van der Waals surface area contributed by atoms with Gasteiger partial charge in [0, 0.05) is 11.4 Å². The summed E-state index contributed by atoms with van der Waals surface area (Å²) >= 11 is 5.12. The van der Waals surface area contributed by atoms with Crippen LogP contribution in [0, 0.1) is 26.6 Å². The molecule has 2 rings (SSSR count). The molecule has 0 saturated heterocycles. The Balaban J connectivity index is 1.87. The van der Waals surface area contributed by atoms with Gasteiger partial charge < -0.3 is 16.0 Å². The second-order valence-electron chi connectivity index (χ2n) is 5.64. The number of carbonyl (C=O) groups is 1. The van der Waals surface area contributed by atoms with E-state index < -0.39 is 0 Å². The first-order valence-corrected chi connectivity index (χ1v) is 7.94. The molecule has 126 valence electrons. The molecule has 0 atom stereocenters. The minimum Gasteiger partial charge on any atom is -0.353 e. The molecule has 24 heavy (non-hydrogen) atoms. The molecule has 0 aliphatic heterocycles. The number of carbonyl (C=O) groups excluding carboxylic acids is 1. The molecule has 0 aliphatic carbocycles. The molecule has 0 radical (unpaired) electrons. The van der Waals surface area contributed by atoms with Crippen molar-refractivity contribution in [2.45, 2.75) is 20.8 Å². The molecule has 2 aromatic carbocycles. The summed E-state index contributed by atoms with van der Waals surface area (Å²) in [6.45, 7) is 5.99. The number of benzene rings is 2. The Bertz CT molecular complexity index is 736. The van der Waals surface area contributed by atoms with Gasteiger partial charge in [-0.1, -0.05) is 17.7 Å². The fraction of sp³-hybridized carbons (Fsp3) is 0.222.